The first-order valence-corrected chi connectivity index (χ1v) is 13.6. The average molecular weight is 569 g/mol. The number of phenolic OH excluding ortho intramolecular Hbond substituents is 1. The fraction of sp³-hybridized carbons (Fsp3) is 0.379. The van der Waals surface area contributed by atoms with Gasteiger partial charge in [0.2, 0.25) is 11.8 Å². The summed E-state index contributed by atoms with van der Waals surface area (Å²) >= 11 is 14.3. The zero-order valence-corrected chi connectivity index (χ0v) is 22.8. The highest BCUT2D eigenvalue weighted by molar-refractivity contribution is 6.53. The molecule has 39 heavy (non-hydrogen) atoms. The van der Waals surface area contributed by atoms with Crippen LogP contribution in [0.2, 0.25) is 0 Å². The van der Waals surface area contributed by atoms with E-state index in [1.807, 2.05) is 6.08 Å². The summed E-state index contributed by atoms with van der Waals surface area (Å²) < 4.78 is 5.59. The van der Waals surface area contributed by atoms with Crippen molar-refractivity contribution in [2.75, 3.05) is 18.6 Å². The van der Waals surface area contributed by atoms with Gasteiger partial charge in [-0.05, 0) is 55.5 Å². The Labute approximate surface area is 235 Å². The highest BCUT2D eigenvalue weighted by Gasteiger charge is 2.75. The summed E-state index contributed by atoms with van der Waals surface area (Å²) in [6.45, 7) is 2.06. The van der Waals surface area contributed by atoms with E-state index >= 15 is 0 Å². The van der Waals surface area contributed by atoms with Crippen molar-refractivity contribution in [3.05, 3.63) is 65.7 Å². The summed E-state index contributed by atoms with van der Waals surface area (Å²) in [5, 5.41) is 10.3. The number of fused-ring (bicyclic) bond motifs is 4. The molecule has 2 heterocycles. The fourth-order valence-electron chi connectivity index (χ4n) is 6.93. The van der Waals surface area contributed by atoms with Gasteiger partial charge in [-0.1, -0.05) is 35.9 Å². The summed E-state index contributed by atoms with van der Waals surface area (Å²) in [5.41, 5.74) is 1.68. The Kier molecular flexibility index (Phi) is 5.86. The smallest absolute Gasteiger partial charge is 0.253 e. The molecule has 2 saturated heterocycles. The highest BCUT2D eigenvalue weighted by atomic mass is 35.5. The number of allylic oxidation sites excluding steroid dienone is 2. The Hall–Kier alpha value is -3.36. The standard InChI is InChI=1S/C29H26Cl2N2O6/c1-3-39-21-13-15(9-12-20(21)34)23-17-10-11-18-22(25(36)33(24(18)35)16-7-5-4-6-8-16)19(17)14-28(30)26(37)32(2)27(38)29(23,28)31/h4-10,12-13,18-19,22-23,34H,3,11,14H2,1-2H3/t18-,19+,22-,23-,28+,29-/m0/s1. The van der Waals surface area contributed by atoms with Crippen molar-refractivity contribution in [2.24, 2.45) is 17.8 Å². The third-order valence-corrected chi connectivity index (χ3v) is 10.1. The summed E-state index contributed by atoms with van der Waals surface area (Å²) in [7, 11) is 1.35. The molecule has 2 aromatic carbocycles. The number of hydrogen-bond donors (Lipinski definition) is 1. The molecule has 4 aliphatic rings. The molecule has 0 aromatic heterocycles. The molecule has 4 amide bonds. The molecule has 2 aliphatic heterocycles. The predicted molar refractivity (Wildman–Crippen MR) is 144 cm³/mol. The largest absolute Gasteiger partial charge is 0.504 e. The lowest BCUT2D eigenvalue weighted by Gasteiger charge is -2.50. The van der Waals surface area contributed by atoms with E-state index < -0.39 is 45.2 Å². The molecule has 6 rings (SSSR count). The first kappa shape index (κ1) is 25.9. The van der Waals surface area contributed by atoms with E-state index in [0.29, 0.717) is 16.8 Å². The fourth-order valence-corrected chi connectivity index (χ4v) is 7.95. The number of alkyl halides is 2. The molecule has 0 radical (unpaired) electrons. The zero-order chi connectivity index (χ0) is 27.9. The van der Waals surface area contributed by atoms with Gasteiger partial charge < -0.3 is 9.84 Å². The number of imide groups is 2. The summed E-state index contributed by atoms with van der Waals surface area (Å²) in [6.07, 6.45) is 2.08. The van der Waals surface area contributed by atoms with Crippen LogP contribution in [0.25, 0.3) is 0 Å². The first-order valence-electron chi connectivity index (χ1n) is 12.8. The van der Waals surface area contributed by atoms with Crippen molar-refractivity contribution < 1.29 is 29.0 Å². The second-order valence-electron chi connectivity index (χ2n) is 10.5. The summed E-state index contributed by atoms with van der Waals surface area (Å²) in [4.78, 5) is 53.0. The van der Waals surface area contributed by atoms with Gasteiger partial charge in [0.25, 0.3) is 11.8 Å². The predicted octanol–water partition coefficient (Wildman–Crippen LogP) is 3.98. The molecule has 8 nitrogen and oxygen atoms in total. The maximum atomic E-state index is 13.9. The Bertz CT molecular complexity index is 1460. The molecule has 3 fully saturated rings. The van der Waals surface area contributed by atoms with Crippen molar-refractivity contribution in [1.82, 2.24) is 4.90 Å². The van der Waals surface area contributed by atoms with Crippen LogP contribution in [-0.2, 0) is 19.2 Å². The molecular formula is C29H26Cl2N2O6. The van der Waals surface area contributed by atoms with Crippen LogP contribution in [0.1, 0.15) is 31.2 Å². The average Bonchev–Trinajstić information content (AvgIpc) is 3.25. The Balaban J connectivity index is 1.52. The van der Waals surface area contributed by atoms with Crippen LogP contribution in [0, 0.1) is 17.8 Å². The summed E-state index contributed by atoms with van der Waals surface area (Å²) in [6, 6.07) is 13.4. The molecule has 0 spiro atoms. The third-order valence-electron chi connectivity index (χ3n) is 8.65. The van der Waals surface area contributed by atoms with E-state index in [9.17, 15) is 24.3 Å². The lowest BCUT2D eigenvalue weighted by atomic mass is 9.56. The van der Waals surface area contributed by atoms with Crippen LogP contribution in [-0.4, -0.2) is 57.0 Å². The maximum Gasteiger partial charge on any atom is 0.253 e. The summed E-state index contributed by atoms with van der Waals surface area (Å²) in [5.74, 6) is -4.76. The lowest BCUT2D eigenvalue weighted by molar-refractivity contribution is -0.138. The van der Waals surface area contributed by atoms with Crippen molar-refractivity contribution in [3.8, 4) is 11.5 Å². The quantitative estimate of drug-likeness (QED) is 0.340. The Morgan fingerprint density at radius 1 is 1.00 bits per heavy atom. The molecule has 1 N–H and O–H groups in total. The van der Waals surface area contributed by atoms with Gasteiger partial charge in [0.05, 0.1) is 24.1 Å². The number of para-hydroxylation sites is 1. The van der Waals surface area contributed by atoms with Crippen molar-refractivity contribution >= 4 is 52.5 Å². The molecule has 0 bridgehead atoms. The van der Waals surface area contributed by atoms with Gasteiger partial charge in [0, 0.05) is 13.0 Å². The lowest BCUT2D eigenvalue weighted by Crippen LogP contribution is -2.60. The van der Waals surface area contributed by atoms with Gasteiger partial charge in [0.1, 0.15) is 0 Å². The Morgan fingerprint density at radius 2 is 1.72 bits per heavy atom. The van der Waals surface area contributed by atoms with Gasteiger partial charge in [-0.2, -0.15) is 0 Å². The van der Waals surface area contributed by atoms with E-state index in [1.54, 1.807) is 49.4 Å². The number of aromatic hydroxyl groups is 1. The molecule has 1 saturated carbocycles. The van der Waals surface area contributed by atoms with Crippen molar-refractivity contribution in [1.29, 1.82) is 0 Å². The second kappa shape index (κ2) is 8.83. The maximum absolute atomic E-state index is 13.9. The Morgan fingerprint density at radius 3 is 2.41 bits per heavy atom. The number of likely N-dealkylation sites (tertiary alicyclic amines) is 1. The molecular weight excluding hydrogens is 543 g/mol. The molecule has 10 heteroatoms. The monoisotopic (exact) mass is 568 g/mol. The van der Waals surface area contributed by atoms with Crippen LogP contribution in [0.15, 0.2) is 60.2 Å². The number of ether oxygens (including phenoxy) is 1. The van der Waals surface area contributed by atoms with E-state index in [2.05, 4.69) is 0 Å². The van der Waals surface area contributed by atoms with E-state index in [1.165, 1.54) is 18.0 Å². The number of nitrogens with zero attached hydrogens (tertiary/aromatic N) is 2. The zero-order valence-electron chi connectivity index (χ0n) is 21.3. The van der Waals surface area contributed by atoms with E-state index in [-0.39, 0.29) is 42.8 Å². The van der Waals surface area contributed by atoms with Crippen LogP contribution >= 0.6 is 23.2 Å². The van der Waals surface area contributed by atoms with Crippen LogP contribution in [0.4, 0.5) is 5.69 Å². The first-order chi connectivity index (χ1) is 18.6. The number of halogens is 2. The SMILES string of the molecule is CCOc1cc([C@H]2C3=CC[C@@H]4C(=O)N(c5ccccc5)C(=O)[C@@H]4[C@@H]3C[C@@]3(Cl)C(=O)N(C)C(=O)[C@@]23Cl)ccc1O. The topological polar surface area (TPSA) is 104 Å². The minimum atomic E-state index is -1.89. The third kappa shape index (κ3) is 3.31. The van der Waals surface area contributed by atoms with Gasteiger partial charge in [-0.15, -0.1) is 23.2 Å². The van der Waals surface area contributed by atoms with Crippen molar-refractivity contribution in [2.45, 2.75) is 35.4 Å². The van der Waals surface area contributed by atoms with E-state index in [0.717, 1.165) is 4.90 Å². The molecule has 2 aromatic rings. The van der Waals surface area contributed by atoms with Gasteiger partial charge in [-0.3, -0.25) is 29.0 Å². The highest BCUT2D eigenvalue weighted by Crippen LogP contribution is 2.65. The molecule has 6 atom stereocenters. The minimum Gasteiger partial charge on any atom is -0.504 e. The number of benzene rings is 2. The van der Waals surface area contributed by atoms with E-state index in [4.69, 9.17) is 27.9 Å². The van der Waals surface area contributed by atoms with Gasteiger partial charge in [0.15, 0.2) is 21.2 Å². The number of hydrogen-bond acceptors (Lipinski definition) is 6. The number of anilines is 1. The van der Waals surface area contributed by atoms with Crippen LogP contribution in [0.3, 0.4) is 0 Å². The molecule has 202 valence electrons. The van der Waals surface area contributed by atoms with Crippen LogP contribution in [0.5, 0.6) is 11.5 Å². The molecule has 0 unspecified atom stereocenters. The number of carbonyl (C=O) groups excluding carboxylic acids is 4. The van der Waals surface area contributed by atoms with Crippen molar-refractivity contribution in [3.63, 3.8) is 0 Å². The number of phenols is 1. The van der Waals surface area contributed by atoms with Gasteiger partial charge >= 0.3 is 0 Å². The number of carbonyl (C=O) groups is 4. The number of amides is 4. The minimum absolute atomic E-state index is 0.0749. The number of rotatable bonds is 4. The molecule has 2 aliphatic carbocycles. The normalized spacial score (nSPS) is 33.6. The van der Waals surface area contributed by atoms with Crippen LogP contribution < -0.4 is 9.64 Å². The van der Waals surface area contributed by atoms with Gasteiger partial charge in [-0.25, -0.2) is 0 Å². The second-order valence-corrected chi connectivity index (χ2v) is 11.7.